The summed E-state index contributed by atoms with van der Waals surface area (Å²) >= 11 is 9.32. The topological polar surface area (TPSA) is 29.9 Å². The second-order valence-electron chi connectivity index (χ2n) is 4.52. The van der Waals surface area contributed by atoms with Crippen molar-refractivity contribution in [2.24, 2.45) is 7.05 Å². The fourth-order valence-electron chi connectivity index (χ4n) is 1.89. The number of rotatable bonds is 3. The van der Waals surface area contributed by atoms with Gasteiger partial charge in [0.1, 0.15) is 0 Å². The van der Waals surface area contributed by atoms with Gasteiger partial charge in [0.15, 0.2) is 0 Å². The minimum absolute atomic E-state index is 0.0276. The third-order valence-electron chi connectivity index (χ3n) is 3.00. The van der Waals surface area contributed by atoms with Gasteiger partial charge in [0.25, 0.3) is 0 Å². The van der Waals surface area contributed by atoms with E-state index in [0.29, 0.717) is 12.2 Å². The Labute approximate surface area is 133 Å². The van der Waals surface area contributed by atoms with Crippen LogP contribution in [0.25, 0.3) is 0 Å². The summed E-state index contributed by atoms with van der Waals surface area (Å²) in [5, 5.41) is 7.28. The largest absolute Gasteiger partial charge is 0.416 e. The number of nitrogens with one attached hydrogen (secondary N) is 1. The van der Waals surface area contributed by atoms with Gasteiger partial charge >= 0.3 is 6.18 Å². The fraction of sp³-hybridized carbons (Fsp3) is 0.308. The third kappa shape index (κ3) is 3.52. The molecule has 1 heterocycles. The van der Waals surface area contributed by atoms with E-state index in [2.05, 4.69) is 26.3 Å². The van der Waals surface area contributed by atoms with Crippen molar-refractivity contribution in [2.75, 3.05) is 5.32 Å². The lowest BCUT2D eigenvalue weighted by Gasteiger charge is -2.12. The highest BCUT2D eigenvalue weighted by Gasteiger charge is 2.30. The smallest absolute Gasteiger partial charge is 0.378 e. The average Bonchev–Trinajstić information content (AvgIpc) is 2.61. The normalized spacial score (nSPS) is 11.8. The van der Waals surface area contributed by atoms with E-state index in [4.69, 9.17) is 11.6 Å². The van der Waals surface area contributed by atoms with Crippen LogP contribution in [0.4, 0.5) is 18.9 Å². The summed E-state index contributed by atoms with van der Waals surface area (Å²) < 4.78 is 40.2. The highest BCUT2D eigenvalue weighted by molar-refractivity contribution is 9.10. The zero-order valence-electron chi connectivity index (χ0n) is 11.2. The molecule has 1 N–H and O–H groups in total. The summed E-state index contributed by atoms with van der Waals surface area (Å²) in [6.07, 6.45) is -4.40. The first-order valence-electron chi connectivity index (χ1n) is 5.98. The Balaban J connectivity index is 2.17. The Morgan fingerprint density at radius 2 is 2.05 bits per heavy atom. The van der Waals surface area contributed by atoms with Crippen LogP contribution in [0.5, 0.6) is 0 Å². The van der Waals surface area contributed by atoms with Crippen LogP contribution in [0.1, 0.15) is 17.0 Å². The molecule has 0 saturated heterocycles. The summed E-state index contributed by atoms with van der Waals surface area (Å²) in [5.74, 6) is 0. The predicted octanol–water partition coefficient (Wildman–Crippen LogP) is 4.78. The van der Waals surface area contributed by atoms with Gasteiger partial charge in [0.2, 0.25) is 0 Å². The van der Waals surface area contributed by atoms with Gasteiger partial charge in [0.05, 0.1) is 38.7 Å². The molecule has 1 aromatic carbocycles. The predicted molar refractivity (Wildman–Crippen MR) is 79.4 cm³/mol. The van der Waals surface area contributed by atoms with Gasteiger partial charge in [-0.1, -0.05) is 11.6 Å². The third-order valence-corrected chi connectivity index (χ3v) is 4.35. The molecule has 1 aromatic heterocycles. The number of hydrogen-bond acceptors (Lipinski definition) is 2. The molecule has 2 aromatic rings. The summed E-state index contributed by atoms with van der Waals surface area (Å²) in [6.45, 7) is 2.25. The summed E-state index contributed by atoms with van der Waals surface area (Å²) in [4.78, 5) is 0. The lowest BCUT2D eigenvalue weighted by Crippen LogP contribution is -2.08. The fourth-order valence-corrected chi connectivity index (χ4v) is 2.61. The Morgan fingerprint density at radius 1 is 1.38 bits per heavy atom. The first kappa shape index (κ1) is 16.2. The number of alkyl halides is 3. The molecule has 0 spiro atoms. The van der Waals surface area contributed by atoms with E-state index >= 15 is 0 Å². The van der Waals surface area contributed by atoms with E-state index in [1.807, 2.05) is 6.92 Å². The first-order chi connectivity index (χ1) is 9.70. The molecular formula is C13H12BrClF3N3. The molecule has 0 aliphatic heterocycles. The number of aromatic nitrogens is 2. The minimum atomic E-state index is -4.40. The number of aryl methyl sites for hydroxylation is 2. The Bertz CT molecular complexity index is 667. The quantitative estimate of drug-likeness (QED) is 0.828. The highest BCUT2D eigenvalue weighted by atomic mass is 79.9. The molecule has 0 atom stereocenters. The van der Waals surface area contributed by atoms with Crippen molar-refractivity contribution in [2.45, 2.75) is 19.6 Å². The summed E-state index contributed by atoms with van der Waals surface area (Å²) in [5.41, 5.74) is 1.39. The molecule has 0 aliphatic carbocycles. The lowest BCUT2D eigenvalue weighted by molar-refractivity contribution is -0.137. The monoisotopic (exact) mass is 381 g/mol. The highest BCUT2D eigenvalue weighted by Crippen LogP contribution is 2.34. The molecular weight excluding hydrogens is 371 g/mol. The Hall–Kier alpha value is -1.21. The first-order valence-corrected chi connectivity index (χ1v) is 7.16. The maximum absolute atomic E-state index is 12.6. The molecule has 114 valence electrons. The number of hydrogen-bond donors (Lipinski definition) is 1. The van der Waals surface area contributed by atoms with Crippen LogP contribution >= 0.6 is 27.5 Å². The van der Waals surface area contributed by atoms with Crippen molar-refractivity contribution in [1.82, 2.24) is 9.78 Å². The number of anilines is 1. The van der Waals surface area contributed by atoms with Crippen molar-refractivity contribution in [1.29, 1.82) is 0 Å². The second-order valence-corrected chi connectivity index (χ2v) is 5.72. The zero-order chi connectivity index (χ0) is 15.8. The SMILES string of the molecule is Cc1nn(C)c(CNc2ccc(C(F)(F)F)cc2Cl)c1Br. The molecule has 0 bridgehead atoms. The van der Waals surface area contributed by atoms with Crippen LogP contribution in [-0.4, -0.2) is 9.78 Å². The molecule has 21 heavy (non-hydrogen) atoms. The number of nitrogens with zero attached hydrogens (tertiary/aromatic N) is 2. The van der Waals surface area contributed by atoms with Gasteiger partial charge < -0.3 is 5.32 Å². The van der Waals surface area contributed by atoms with Gasteiger partial charge in [0, 0.05) is 7.05 Å². The average molecular weight is 383 g/mol. The molecule has 0 fully saturated rings. The second kappa shape index (κ2) is 5.88. The van der Waals surface area contributed by atoms with Crippen molar-refractivity contribution in [3.8, 4) is 0 Å². The van der Waals surface area contributed by atoms with Gasteiger partial charge in [-0.3, -0.25) is 4.68 Å². The van der Waals surface area contributed by atoms with E-state index in [-0.39, 0.29) is 5.02 Å². The van der Waals surface area contributed by atoms with Crippen molar-refractivity contribution in [3.05, 3.63) is 44.6 Å². The maximum Gasteiger partial charge on any atom is 0.416 e. The van der Waals surface area contributed by atoms with Crippen LogP contribution in [0.3, 0.4) is 0 Å². The van der Waals surface area contributed by atoms with Crippen molar-refractivity contribution < 1.29 is 13.2 Å². The van der Waals surface area contributed by atoms with Gasteiger partial charge in [-0.2, -0.15) is 18.3 Å². The van der Waals surface area contributed by atoms with Crippen LogP contribution in [-0.2, 0) is 19.8 Å². The van der Waals surface area contributed by atoms with Gasteiger partial charge in [-0.05, 0) is 41.1 Å². The molecule has 0 amide bonds. The maximum atomic E-state index is 12.6. The lowest BCUT2D eigenvalue weighted by atomic mass is 10.2. The Kier molecular flexibility index (Phi) is 4.53. The van der Waals surface area contributed by atoms with Crippen molar-refractivity contribution >= 4 is 33.2 Å². The summed E-state index contributed by atoms with van der Waals surface area (Å²) in [6, 6.07) is 3.23. The van der Waals surface area contributed by atoms with E-state index in [1.54, 1.807) is 11.7 Å². The molecule has 0 unspecified atom stereocenters. The van der Waals surface area contributed by atoms with Crippen LogP contribution < -0.4 is 5.32 Å². The van der Waals surface area contributed by atoms with Crippen LogP contribution in [0.2, 0.25) is 5.02 Å². The van der Waals surface area contributed by atoms with Gasteiger partial charge in [-0.15, -0.1) is 0 Å². The van der Waals surface area contributed by atoms with E-state index in [9.17, 15) is 13.2 Å². The van der Waals surface area contributed by atoms with Crippen LogP contribution in [0.15, 0.2) is 22.7 Å². The molecule has 0 aliphatic rings. The summed E-state index contributed by atoms with van der Waals surface area (Å²) in [7, 11) is 1.79. The number of halogens is 5. The van der Waals surface area contributed by atoms with Gasteiger partial charge in [-0.25, -0.2) is 0 Å². The number of benzene rings is 1. The molecule has 3 nitrogen and oxygen atoms in total. The molecule has 2 rings (SSSR count). The minimum Gasteiger partial charge on any atom is -0.378 e. The zero-order valence-corrected chi connectivity index (χ0v) is 13.6. The van der Waals surface area contributed by atoms with Crippen molar-refractivity contribution in [3.63, 3.8) is 0 Å². The van der Waals surface area contributed by atoms with E-state index < -0.39 is 11.7 Å². The van der Waals surface area contributed by atoms with Crippen LogP contribution in [0, 0.1) is 6.92 Å². The van der Waals surface area contributed by atoms with E-state index in [1.165, 1.54) is 6.07 Å². The van der Waals surface area contributed by atoms with E-state index in [0.717, 1.165) is 28.0 Å². The molecule has 0 radical (unpaired) electrons. The Morgan fingerprint density at radius 3 is 2.52 bits per heavy atom. The molecule has 8 heteroatoms. The molecule has 0 saturated carbocycles. The standard InChI is InChI=1S/C13H12BrClF3N3/c1-7-12(14)11(21(2)20-7)6-19-10-4-3-8(5-9(10)15)13(16,17)18/h3-5,19H,6H2,1-2H3.